The Hall–Kier alpha value is -3.37. The molecule has 0 fully saturated rings. The van der Waals surface area contributed by atoms with Gasteiger partial charge in [0.25, 0.3) is 0 Å². The number of H-pyrrole nitrogens is 2. The first-order chi connectivity index (χ1) is 16.6. The summed E-state index contributed by atoms with van der Waals surface area (Å²) in [6.07, 6.45) is 4.74. The lowest BCUT2D eigenvalue weighted by Gasteiger charge is -2.12. The van der Waals surface area contributed by atoms with E-state index in [9.17, 15) is 0 Å². The molecular weight excluding hydrogens is 561 g/mol. The summed E-state index contributed by atoms with van der Waals surface area (Å²) in [4.78, 5) is 12.8. The molecule has 0 saturated heterocycles. The van der Waals surface area contributed by atoms with E-state index < -0.39 is 0 Å². The van der Waals surface area contributed by atoms with Crippen LogP contribution in [-0.4, -0.2) is 31.7 Å². The van der Waals surface area contributed by atoms with Gasteiger partial charge < -0.3 is 15.6 Å². The van der Waals surface area contributed by atoms with E-state index in [1.807, 2.05) is 42.6 Å². The number of halogens is 2. The summed E-state index contributed by atoms with van der Waals surface area (Å²) in [5.74, 6) is 1.26. The van der Waals surface area contributed by atoms with Crippen LogP contribution in [0.15, 0.2) is 67.0 Å². The van der Waals surface area contributed by atoms with E-state index in [1.54, 1.807) is 0 Å². The maximum Gasteiger partial charge on any atom is 0.229 e. The molecule has 34 heavy (non-hydrogen) atoms. The summed E-state index contributed by atoms with van der Waals surface area (Å²) in [6.45, 7) is 0.721. The van der Waals surface area contributed by atoms with Crippen LogP contribution in [0.25, 0.3) is 32.7 Å². The lowest BCUT2D eigenvalue weighted by Crippen LogP contribution is -2.09. The zero-order valence-electron chi connectivity index (χ0n) is 17.9. The third kappa shape index (κ3) is 4.03. The number of hydrogen-bond donors (Lipinski definition) is 4. The fourth-order valence-electron chi connectivity index (χ4n) is 4.16. The summed E-state index contributed by atoms with van der Waals surface area (Å²) in [6, 6.07) is 18.1. The Morgan fingerprint density at radius 3 is 2.85 bits per heavy atom. The number of nitrogens with zero attached hydrogens (tertiary/aromatic N) is 3. The molecule has 0 bridgehead atoms. The molecule has 0 aliphatic carbocycles. The van der Waals surface area contributed by atoms with Crippen molar-refractivity contribution in [1.82, 2.24) is 25.1 Å². The molecule has 168 valence electrons. The average molecular weight is 580 g/mol. The van der Waals surface area contributed by atoms with Crippen molar-refractivity contribution < 1.29 is 0 Å². The van der Waals surface area contributed by atoms with Crippen molar-refractivity contribution in [2.24, 2.45) is 0 Å². The summed E-state index contributed by atoms with van der Waals surface area (Å²) < 4.78 is 1.07. The standard InChI is InChI=1S/C25H19ClIN7/c26-16-5-6-22-19(10-16)24(28-8-7-14-12-29-21-4-2-1-3-18(14)21)33-25(32-22)31-17-9-15-13-30-34-23(15)20(27)11-17/h1-6,9-13,29H,7-8H2,(H,30,34)(H2,28,31,32,33). The van der Waals surface area contributed by atoms with Crippen molar-refractivity contribution in [2.75, 3.05) is 17.2 Å². The van der Waals surface area contributed by atoms with Crippen molar-refractivity contribution in [2.45, 2.75) is 6.42 Å². The minimum atomic E-state index is 0.517. The lowest BCUT2D eigenvalue weighted by atomic mass is 10.1. The van der Waals surface area contributed by atoms with Crippen LogP contribution < -0.4 is 10.6 Å². The van der Waals surface area contributed by atoms with E-state index in [-0.39, 0.29) is 0 Å². The zero-order chi connectivity index (χ0) is 23.1. The summed E-state index contributed by atoms with van der Waals surface area (Å²) in [5, 5.41) is 17.8. The monoisotopic (exact) mass is 579 g/mol. The van der Waals surface area contributed by atoms with Gasteiger partial charge in [-0.1, -0.05) is 29.8 Å². The van der Waals surface area contributed by atoms with Gasteiger partial charge >= 0.3 is 0 Å². The number of aromatic nitrogens is 5. The minimum Gasteiger partial charge on any atom is -0.369 e. The van der Waals surface area contributed by atoms with Crippen LogP contribution in [0.1, 0.15) is 5.56 Å². The molecule has 3 heterocycles. The highest BCUT2D eigenvalue weighted by atomic mass is 127. The SMILES string of the molecule is Clc1ccc2nc(Nc3cc(I)c4[nH]ncc4c3)nc(NCCc3c[nH]c4ccccc34)c2c1. The Bertz CT molecular complexity index is 1660. The number of aromatic amines is 2. The van der Waals surface area contributed by atoms with Crippen LogP contribution in [0.3, 0.4) is 0 Å². The largest absolute Gasteiger partial charge is 0.369 e. The molecule has 0 aliphatic heterocycles. The van der Waals surface area contributed by atoms with Crippen LogP contribution in [0, 0.1) is 3.57 Å². The molecule has 9 heteroatoms. The predicted molar refractivity (Wildman–Crippen MR) is 147 cm³/mol. The second-order valence-corrected chi connectivity index (χ2v) is 9.61. The Balaban J connectivity index is 1.30. The van der Waals surface area contributed by atoms with E-state index in [0.717, 1.165) is 55.4 Å². The first kappa shape index (κ1) is 21.2. The van der Waals surface area contributed by atoms with Crippen molar-refractivity contribution in [3.8, 4) is 0 Å². The number of benzene rings is 3. The van der Waals surface area contributed by atoms with Gasteiger partial charge in [-0.2, -0.15) is 10.1 Å². The van der Waals surface area contributed by atoms with Crippen LogP contribution in [0.2, 0.25) is 5.02 Å². The molecule has 4 N–H and O–H groups in total. The molecule has 0 aliphatic rings. The van der Waals surface area contributed by atoms with Gasteiger partial charge in [0.2, 0.25) is 5.95 Å². The second kappa shape index (κ2) is 8.77. The van der Waals surface area contributed by atoms with Crippen LogP contribution in [0.5, 0.6) is 0 Å². The van der Waals surface area contributed by atoms with Gasteiger partial charge in [0.1, 0.15) is 5.82 Å². The fourth-order valence-corrected chi connectivity index (χ4v) is 5.10. The molecule has 0 radical (unpaired) electrons. The van der Waals surface area contributed by atoms with E-state index >= 15 is 0 Å². The van der Waals surface area contributed by atoms with Gasteiger partial charge in [0, 0.05) is 48.7 Å². The number of hydrogen-bond acceptors (Lipinski definition) is 5. The molecule has 0 unspecified atom stereocenters. The van der Waals surface area contributed by atoms with Gasteiger partial charge in [0.05, 0.1) is 17.2 Å². The smallest absolute Gasteiger partial charge is 0.229 e. The molecular formula is C25H19ClIN7. The average Bonchev–Trinajstić information content (AvgIpc) is 3.47. The first-order valence-corrected chi connectivity index (χ1v) is 12.3. The molecule has 7 nitrogen and oxygen atoms in total. The van der Waals surface area contributed by atoms with Gasteiger partial charge in [-0.05, 0) is 71.0 Å². The topological polar surface area (TPSA) is 94.3 Å². The number of para-hydroxylation sites is 1. The molecule has 3 aromatic heterocycles. The van der Waals surface area contributed by atoms with Crippen LogP contribution in [0.4, 0.5) is 17.5 Å². The predicted octanol–water partition coefficient (Wildman–Crippen LogP) is 6.64. The maximum absolute atomic E-state index is 6.29. The first-order valence-electron chi connectivity index (χ1n) is 10.8. The fraction of sp³-hybridized carbons (Fsp3) is 0.0800. The molecule has 6 aromatic rings. The third-order valence-electron chi connectivity index (χ3n) is 5.78. The van der Waals surface area contributed by atoms with Gasteiger partial charge in [-0.3, -0.25) is 5.10 Å². The summed E-state index contributed by atoms with van der Waals surface area (Å²) in [5.41, 5.74) is 5.14. The number of rotatable bonds is 6. The molecule has 0 atom stereocenters. The number of anilines is 3. The molecule has 3 aromatic carbocycles. The maximum atomic E-state index is 6.29. The second-order valence-electron chi connectivity index (χ2n) is 8.01. The minimum absolute atomic E-state index is 0.517. The number of fused-ring (bicyclic) bond motifs is 3. The highest BCUT2D eigenvalue weighted by Gasteiger charge is 2.11. The van der Waals surface area contributed by atoms with Crippen molar-refractivity contribution in [3.05, 3.63) is 81.1 Å². The third-order valence-corrected chi connectivity index (χ3v) is 6.86. The molecule has 0 amide bonds. The van der Waals surface area contributed by atoms with Gasteiger partial charge in [-0.25, -0.2) is 4.98 Å². The quantitative estimate of drug-likeness (QED) is 0.166. The Morgan fingerprint density at radius 2 is 1.91 bits per heavy atom. The van der Waals surface area contributed by atoms with Gasteiger partial charge in [0.15, 0.2) is 0 Å². The highest BCUT2D eigenvalue weighted by Crippen LogP contribution is 2.29. The zero-order valence-corrected chi connectivity index (χ0v) is 20.8. The number of nitrogens with one attached hydrogen (secondary N) is 4. The van der Waals surface area contributed by atoms with E-state index in [4.69, 9.17) is 21.6 Å². The highest BCUT2D eigenvalue weighted by molar-refractivity contribution is 14.1. The van der Waals surface area contributed by atoms with Crippen molar-refractivity contribution >= 4 is 84.4 Å². The Labute approximate surface area is 213 Å². The summed E-state index contributed by atoms with van der Waals surface area (Å²) in [7, 11) is 0. The van der Waals surface area contributed by atoms with Crippen molar-refractivity contribution in [1.29, 1.82) is 0 Å². The molecule has 0 saturated carbocycles. The van der Waals surface area contributed by atoms with Crippen LogP contribution in [-0.2, 0) is 6.42 Å². The van der Waals surface area contributed by atoms with E-state index in [2.05, 4.69) is 72.8 Å². The Kier molecular flexibility index (Phi) is 5.46. The molecule has 0 spiro atoms. The van der Waals surface area contributed by atoms with E-state index in [1.165, 1.54) is 10.9 Å². The lowest BCUT2D eigenvalue weighted by molar-refractivity contribution is 1.01. The molecule has 6 rings (SSSR count). The summed E-state index contributed by atoms with van der Waals surface area (Å²) >= 11 is 8.59. The Morgan fingerprint density at radius 1 is 1.00 bits per heavy atom. The normalized spacial score (nSPS) is 11.5. The van der Waals surface area contributed by atoms with E-state index in [0.29, 0.717) is 11.0 Å². The van der Waals surface area contributed by atoms with Gasteiger partial charge in [-0.15, -0.1) is 0 Å². The van der Waals surface area contributed by atoms with Crippen LogP contribution >= 0.6 is 34.2 Å². The van der Waals surface area contributed by atoms with Crippen molar-refractivity contribution in [3.63, 3.8) is 0 Å².